The second kappa shape index (κ2) is 4.79. The molecule has 4 heteroatoms. The van der Waals surface area contributed by atoms with Crippen LogP contribution < -0.4 is 5.73 Å². The smallest absolute Gasteiger partial charge is 0.0905 e. The standard InChI is InChI=1S/C12H16N4/c13-12(14)7-3-4-8-16-11-6-2-1-5-10(11)9-15-16/h1-2,5-6,9H,3-4,7-8H2,(H3,13,14). The lowest BCUT2D eigenvalue weighted by Crippen LogP contribution is -2.09. The van der Waals surface area contributed by atoms with Gasteiger partial charge in [-0.15, -0.1) is 0 Å². The van der Waals surface area contributed by atoms with Gasteiger partial charge in [-0.2, -0.15) is 5.10 Å². The molecule has 0 atom stereocenters. The number of rotatable bonds is 5. The molecule has 0 aliphatic rings. The Hall–Kier alpha value is -1.84. The summed E-state index contributed by atoms with van der Waals surface area (Å²) in [4.78, 5) is 0. The van der Waals surface area contributed by atoms with E-state index < -0.39 is 0 Å². The third kappa shape index (κ3) is 2.39. The van der Waals surface area contributed by atoms with Crippen molar-refractivity contribution in [2.24, 2.45) is 5.73 Å². The van der Waals surface area contributed by atoms with Crippen molar-refractivity contribution in [3.05, 3.63) is 30.5 Å². The number of hydrogen-bond donors (Lipinski definition) is 2. The number of fused-ring (bicyclic) bond motifs is 1. The van der Waals surface area contributed by atoms with Gasteiger partial charge in [0, 0.05) is 18.4 Å². The summed E-state index contributed by atoms with van der Waals surface area (Å²) in [7, 11) is 0. The van der Waals surface area contributed by atoms with E-state index in [9.17, 15) is 0 Å². The van der Waals surface area contributed by atoms with E-state index in [1.807, 2.05) is 23.0 Å². The van der Waals surface area contributed by atoms with Gasteiger partial charge in [-0.3, -0.25) is 10.1 Å². The van der Waals surface area contributed by atoms with Gasteiger partial charge in [0.2, 0.25) is 0 Å². The van der Waals surface area contributed by atoms with Gasteiger partial charge in [-0.05, 0) is 18.9 Å². The van der Waals surface area contributed by atoms with E-state index in [2.05, 4.69) is 17.2 Å². The van der Waals surface area contributed by atoms with Gasteiger partial charge in [0.05, 0.1) is 17.5 Å². The Labute approximate surface area is 94.6 Å². The van der Waals surface area contributed by atoms with Crippen LogP contribution in [0, 0.1) is 5.41 Å². The SMILES string of the molecule is N=C(N)CCCCn1ncc2ccccc21. The van der Waals surface area contributed by atoms with Crippen LogP contribution in [-0.4, -0.2) is 15.6 Å². The third-order valence-electron chi connectivity index (χ3n) is 2.62. The highest BCUT2D eigenvalue weighted by atomic mass is 15.3. The first-order chi connectivity index (χ1) is 7.77. The van der Waals surface area contributed by atoms with Gasteiger partial charge >= 0.3 is 0 Å². The number of amidine groups is 1. The largest absolute Gasteiger partial charge is 0.388 e. The summed E-state index contributed by atoms with van der Waals surface area (Å²) in [6.45, 7) is 0.890. The van der Waals surface area contributed by atoms with E-state index in [0.29, 0.717) is 6.42 Å². The molecule has 2 aromatic rings. The topological polar surface area (TPSA) is 67.7 Å². The van der Waals surface area contributed by atoms with Crippen LogP contribution in [0.1, 0.15) is 19.3 Å². The second-order valence-corrected chi connectivity index (χ2v) is 3.91. The minimum Gasteiger partial charge on any atom is -0.388 e. The highest BCUT2D eigenvalue weighted by Crippen LogP contribution is 2.13. The number of nitrogens with one attached hydrogen (secondary N) is 1. The van der Waals surface area contributed by atoms with Gasteiger partial charge in [0.1, 0.15) is 0 Å². The molecular formula is C12H16N4. The molecule has 0 aliphatic carbocycles. The number of benzene rings is 1. The van der Waals surface area contributed by atoms with Crippen molar-refractivity contribution >= 4 is 16.7 Å². The number of nitrogens with two attached hydrogens (primary N) is 1. The Balaban J connectivity index is 1.97. The van der Waals surface area contributed by atoms with Gasteiger partial charge in [-0.1, -0.05) is 18.2 Å². The van der Waals surface area contributed by atoms with E-state index in [4.69, 9.17) is 11.1 Å². The minimum atomic E-state index is 0.269. The number of para-hydroxylation sites is 1. The average Bonchev–Trinajstić information content (AvgIpc) is 2.68. The van der Waals surface area contributed by atoms with E-state index in [-0.39, 0.29) is 5.84 Å². The predicted octanol–water partition coefficient (Wildman–Crippen LogP) is 2.14. The fourth-order valence-electron chi connectivity index (χ4n) is 1.78. The first-order valence-electron chi connectivity index (χ1n) is 5.51. The Morgan fingerprint density at radius 3 is 2.94 bits per heavy atom. The summed E-state index contributed by atoms with van der Waals surface area (Å²) < 4.78 is 2.01. The van der Waals surface area contributed by atoms with Crippen molar-refractivity contribution in [3.8, 4) is 0 Å². The molecule has 4 nitrogen and oxygen atoms in total. The molecule has 0 saturated heterocycles. The Bertz CT molecular complexity index is 486. The molecule has 0 bridgehead atoms. The van der Waals surface area contributed by atoms with Crippen LogP contribution in [0.25, 0.3) is 10.9 Å². The third-order valence-corrected chi connectivity index (χ3v) is 2.62. The molecule has 0 unspecified atom stereocenters. The Kier molecular flexibility index (Phi) is 3.19. The monoisotopic (exact) mass is 216 g/mol. The average molecular weight is 216 g/mol. The first kappa shape index (κ1) is 10.7. The zero-order chi connectivity index (χ0) is 11.4. The molecule has 0 amide bonds. The number of unbranched alkanes of at least 4 members (excludes halogenated alkanes) is 1. The van der Waals surface area contributed by atoms with Crippen molar-refractivity contribution in [2.45, 2.75) is 25.8 Å². The zero-order valence-electron chi connectivity index (χ0n) is 9.19. The van der Waals surface area contributed by atoms with Crippen LogP contribution >= 0.6 is 0 Å². The Morgan fingerprint density at radius 2 is 2.12 bits per heavy atom. The molecule has 2 rings (SSSR count). The van der Waals surface area contributed by atoms with Crippen molar-refractivity contribution in [2.75, 3.05) is 0 Å². The molecule has 1 aromatic carbocycles. The predicted molar refractivity (Wildman–Crippen MR) is 65.5 cm³/mol. The molecule has 0 fully saturated rings. The van der Waals surface area contributed by atoms with Crippen LogP contribution in [0.2, 0.25) is 0 Å². The number of aryl methyl sites for hydroxylation is 1. The van der Waals surface area contributed by atoms with Crippen molar-refractivity contribution < 1.29 is 0 Å². The van der Waals surface area contributed by atoms with Gasteiger partial charge in [-0.25, -0.2) is 0 Å². The lowest BCUT2D eigenvalue weighted by atomic mass is 10.2. The quantitative estimate of drug-likeness (QED) is 0.457. The van der Waals surface area contributed by atoms with Crippen LogP contribution in [-0.2, 0) is 6.54 Å². The summed E-state index contributed by atoms with van der Waals surface area (Å²) in [5.74, 6) is 0.269. The highest BCUT2D eigenvalue weighted by Gasteiger charge is 2.00. The molecule has 3 N–H and O–H groups in total. The molecule has 84 valence electrons. The molecule has 0 radical (unpaired) electrons. The van der Waals surface area contributed by atoms with Crippen LogP contribution in [0.5, 0.6) is 0 Å². The van der Waals surface area contributed by atoms with Crippen molar-refractivity contribution in [1.29, 1.82) is 5.41 Å². The Morgan fingerprint density at radius 1 is 1.31 bits per heavy atom. The number of nitrogens with zero attached hydrogens (tertiary/aromatic N) is 2. The lowest BCUT2D eigenvalue weighted by Gasteiger charge is -2.03. The molecule has 0 spiro atoms. The van der Waals surface area contributed by atoms with Crippen LogP contribution in [0.3, 0.4) is 0 Å². The van der Waals surface area contributed by atoms with Crippen LogP contribution in [0.15, 0.2) is 30.5 Å². The summed E-state index contributed by atoms with van der Waals surface area (Å²) in [5, 5.41) is 12.7. The second-order valence-electron chi connectivity index (χ2n) is 3.91. The summed E-state index contributed by atoms with van der Waals surface area (Å²) in [5.41, 5.74) is 6.47. The lowest BCUT2D eigenvalue weighted by molar-refractivity contribution is 0.579. The van der Waals surface area contributed by atoms with E-state index >= 15 is 0 Å². The molecule has 1 aromatic heterocycles. The molecule has 16 heavy (non-hydrogen) atoms. The van der Waals surface area contributed by atoms with Gasteiger partial charge < -0.3 is 5.73 Å². The summed E-state index contributed by atoms with van der Waals surface area (Å²) in [6, 6.07) is 8.18. The first-order valence-corrected chi connectivity index (χ1v) is 5.51. The fourth-order valence-corrected chi connectivity index (χ4v) is 1.78. The summed E-state index contributed by atoms with van der Waals surface area (Å²) in [6.07, 6.45) is 4.52. The number of aromatic nitrogens is 2. The maximum absolute atomic E-state index is 7.13. The fraction of sp³-hybridized carbons (Fsp3) is 0.333. The molecular weight excluding hydrogens is 200 g/mol. The van der Waals surface area contributed by atoms with Crippen molar-refractivity contribution in [3.63, 3.8) is 0 Å². The highest BCUT2D eigenvalue weighted by molar-refractivity contribution is 5.78. The van der Waals surface area contributed by atoms with Gasteiger partial charge in [0.25, 0.3) is 0 Å². The normalized spacial score (nSPS) is 10.8. The number of hydrogen-bond acceptors (Lipinski definition) is 2. The zero-order valence-corrected chi connectivity index (χ0v) is 9.19. The van der Waals surface area contributed by atoms with E-state index in [1.54, 1.807) is 0 Å². The van der Waals surface area contributed by atoms with Crippen LogP contribution in [0.4, 0.5) is 0 Å². The molecule has 0 saturated carbocycles. The minimum absolute atomic E-state index is 0.269. The maximum Gasteiger partial charge on any atom is 0.0905 e. The van der Waals surface area contributed by atoms with E-state index in [1.165, 1.54) is 10.9 Å². The summed E-state index contributed by atoms with van der Waals surface area (Å²) >= 11 is 0. The van der Waals surface area contributed by atoms with Crippen molar-refractivity contribution in [1.82, 2.24) is 9.78 Å². The maximum atomic E-state index is 7.13. The van der Waals surface area contributed by atoms with E-state index in [0.717, 1.165) is 19.4 Å². The molecule has 0 aliphatic heterocycles. The molecule has 1 heterocycles. The van der Waals surface area contributed by atoms with Gasteiger partial charge in [0.15, 0.2) is 0 Å².